The second-order valence-electron chi connectivity index (χ2n) is 8.87. The van der Waals surface area contributed by atoms with E-state index in [1.165, 1.54) is 24.4 Å². The number of anilines is 2. The SMILES string of the molecule is C[C@H](NC(=O)c1cc(C#N)cnc1NCc1ccc(-c2cnc3n[nH]c(N)c3c2)cc1Cl)c1ccc(F)cc1. The van der Waals surface area contributed by atoms with Gasteiger partial charge in [-0.2, -0.15) is 10.4 Å². The molecule has 0 saturated heterocycles. The minimum atomic E-state index is -0.429. The number of hydrogen-bond donors (Lipinski definition) is 4. The van der Waals surface area contributed by atoms with Gasteiger partial charge in [0.1, 0.15) is 23.5 Å². The maximum atomic E-state index is 13.3. The molecule has 3 aromatic heterocycles. The van der Waals surface area contributed by atoms with Crippen molar-refractivity contribution in [1.29, 1.82) is 5.26 Å². The molecule has 0 saturated carbocycles. The first-order valence-corrected chi connectivity index (χ1v) is 12.3. The molecule has 1 amide bonds. The van der Waals surface area contributed by atoms with Crippen LogP contribution < -0.4 is 16.4 Å². The summed E-state index contributed by atoms with van der Waals surface area (Å²) in [6.07, 6.45) is 3.09. The van der Waals surface area contributed by atoms with Gasteiger partial charge in [-0.3, -0.25) is 9.89 Å². The summed E-state index contributed by atoms with van der Waals surface area (Å²) in [4.78, 5) is 21.8. The van der Waals surface area contributed by atoms with Gasteiger partial charge in [-0.15, -0.1) is 0 Å². The van der Waals surface area contributed by atoms with Gasteiger partial charge in [0.2, 0.25) is 0 Å². The number of pyridine rings is 2. The third-order valence-corrected chi connectivity index (χ3v) is 6.60. The summed E-state index contributed by atoms with van der Waals surface area (Å²) in [7, 11) is 0. The molecule has 3 heterocycles. The van der Waals surface area contributed by atoms with E-state index in [2.05, 4.69) is 30.8 Å². The molecule has 0 unspecified atom stereocenters. The highest BCUT2D eigenvalue weighted by Crippen LogP contribution is 2.29. The Labute approximate surface area is 227 Å². The standard InChI is InChI=1S/C28H22ClFN8O/c1-15(17-4-6-21(30)7-5-17)36-28(39)23-8-16(11-31)12-33-26(23)34-13-19-3-2-18(10-24(19)29)20-9-22-25(32)37-38-27(22)35-14-20/h2-10,12,14-15H,13H2,1H3,(H,33,34)(H,36,39)(H3,32,35,37,38)/t15-/m0/s1. The Hall–Kier alpha value is -5.01. The third kappa shape index (κ3) is 5.49. The maximum Gasteiger partial charge on any atom is 0.255 e. The Morgan fingerprint density at radius 3 is 2.67 bits per heavy atom. The van der Waals surface area contributed by atoms with Gasteiger partial charge in [0.05, 0.1) is 22.6 Å². The molecule has 0 aliphatic carbocycles. The number of nitrogens with zero attached hydrogens (tertiary/aromatic N) is 4. The van der Waals surface area contributed by atoms with Crippen molar-refractivity contribution in [2.75, 3.05) is 11.1 Å². The Balaban J connectivity index is 1.34. The molecule has 0 aliphatic rings. The minimum Gasteiger partial charge on any atom is -0.384 e. The first-order chi connectivity index (χ1) is 18.8. The van der Waals surface area contributed by atoms with Crippen molar-refractivity contribution in [3.63, 3.8) is 0 Å². The number of carbonyl (C=O) groups excluding carboxylic acids is 1. The number of H-pyrrole nitrogens is 1. The van der Waals surface area contributed by atoms with E-state index < -0.39 is 11.9 Å². The van der Waals surface area contributed by atoms with Gasteiger partial charge in [-0.25, -0.2) is 14.4 Å². The number of amides is 1. The zero-order valence-electron chi connectivity index (χ0n) is 20.7. The zero-order chi connectivity index (χ0) is 27.5. The molecule has 11 heteroatoms. The number of rotatable bonds is 7. The molecular weight excluding hydrogens is 519 g/mol. The predicted molar refractivity (Wildman–Crippen MR) is 147 cm³/mol. The van der Waals surface area contributed by atoms with Crippen molar-refractivity contribution in [2.24, 2.45) is 0 Å². The maximum absolute atomic E-state index is 13.3. The Morgan fingerprint density at radius 2 is 1.92 bits per heavy atom. The number of nitriles is 1. The minimum absolute atomic E-state index is 0.202. The topological polar surface area (TPSA) is 145 Å². The second kappa shape index (κ2) is 10.8. The number of fused-ring (bicyclic) bond motifs is 1. The summed E-state index contributed by atoms with van der Waals surface area (Å²) in [6.45, 7) is 2.06. The molecule has 5 rings (SSSR count). The van der Waals surface area contributed by atoms with Crippen LogP contribution in [0.1, 0.15) is 40.0 Å². The molecule has 1 atom stereocenters. The van der Waals surface area contributed by atoms with Gasteiger partial charge in [0.15, 0.2) is 5.65 Å². The fourth-order valence-electron chi connectivity index (χ4n) is 4.07. The summed E-state index contributed by atoms with van der Waals surface area (Å²) in [6, 6.07) is 16.4. The molecule has 5 aromatic rings. The first-order valence-electron chi connectivity index (χ1n) is 11.9. The first kappa shape index (κ1) is 25.6. The van der Waals surface area contributed by atoms with Gasteiger partial charge in [-0.1, -0.05) is 35.9 Å². The largest absolute Gasteiger partial charge is 0.384 e. The molecule has 2 aromatic carbocycles. The highest BCUT2D eigenvalue weighted by molar-refractivity contribution is 6.31. The molecule has 0 aliphatic heterocycles. The van der Waals surface area contributed by atoms with Crippen LogP contribution in [0.4, 0.5) is 16.0 Å². The summed E-state index contributed by atoms with van der Waals surface area (Å²) in [5, 5.41) is 23.3. The number of nitrogens with one attached hydrogen (secondary N) is 3. The smallest absolute Gasteiger partial charge is 0.255 e. The van der Waals surface area contributed by atoms with Crippen molar-refractivity contribution in [1.82, 2.24) is 25.5 Å². The number of benzene rings is 2. The zero-order valence-corrected chi connectivity index (χ0v) is 21.4. The lowest BCUT2D eigenvalue weighted by Crippen LogP contribution is -2.28. The van der Waals surface area contributed by atoms with E-state index in [0.29, 0.717) is 22.3 Å². The molecule has 0 spiro atoms. The molecule has 194 valence electrons. The Bertz CT molecular complexity index is 1730. The molecule has 9 nitrogen and oxygen atoms in total. The van der Waals surface area contributed by atoms with Crippen molar-refractivity contribution >= 4 is 40.2 Å². The van der Waals surface area contributed by atoms with E-state index in [1.54, 1.807) is 25.3 Å². The number of nitrogens with two attached hydrogens (primary N) is 1. The van der Waals surface area contributed by atoms with Gasteiger partial charge < -0.3 is 16.4 Å². The number of hydrogen-bond acceptors (Lipinski definition) is 7. The van der Waals surface area contributed by atoms with E-state index in [4.69, 9.17) is 17.3 Å². The lowest BCUT2D eigenvalue weighted by molar-refractivity contribution is 0.0940. The van der Waals surface area contributed by atoms with Crippen LogP contribution in [0.25, 0.3) is 22.2 Å². The molecule has 0 fully saturated rings. The molecule has 39 heavy (non-hydrogen) atoms. The van der Waals surface area contributed by atoms with E-state index in [9.17, 15) is 14.4 Å². The van der Waals surface area contributed by atoms with Crippen LogP contribution in [-0.2, 0) is 6.54 Å². The average Bonchev–Trinajstić information content (AvgIpc) is 3.32. The summed E-state index contributed by atoms with van der Waals surface area (Å²) in [5.41, 5.74) is 10.1. The van der Waals surface area contributed by atoms with Crippen molar-refractivity contribution in [3.05, 3.63) is 100 Å². The average molecular weight is 541 g/mol. The van der Waals surface area contributed by atoms with E-state index in [1.807, 2.05) is 30.3 Å². The number of halogens is 2. The van der Waals surface area contributed by atoms with Gasteiger partial charge >= 0.3 is 0 Å². The molecule has 5 N–H and O–H groups in total. The van der Waals surface area contributed by atoms with Crippen molar-refractivity contribution in [3.8, 4) is 17.2 Å². The van der Waals surface area contributed by atoms with Crippen molar-refractivity contribution < 1.29 is 9.18 Å². The summed E-state index contributed by atoms with van der Waals surface area (Å²) in [5.74, 6) is -0.0559. The van der Waals surface area contributed by atoms with E-state index in [0.717, 1.165) is 27.6 Å². The number of aromatic amines is 1. The van der Waals surface area contributed by atoms with Crippen LogP contribution in [0.5, 0.6) is 0 Å². The molecular formula is C28H22ClFN8O. The number of aromatic nitrogens is 4. The lowest BCUT2D eigenvalue weighted by atomic mass is 10.0. The van der Waals surface area contributed by atoms with Gasteiger partial charge in [0, 0.05) is 29.5 Å². The van der Waals surface area contributed by atoms with Gasteiger partial charge in [-0.05, 0) is 53.9 Å². The predicted octanol–water partition coefficient (Wildman–Crippen LogP) is 5.37. The quantitative estimate of drug-likeness (QED) is 0.217. The van der Waals surface area contributed by atoms with Crippen LogP contribution in [0.3, 0.4) is 0 Å². The van der Waals surface area contributed by atoms with Crippen LogP contribution in [-0.4, -0.2) is 26.1 Å². The number of nitrogen functional groups attached to an aromatic ring is 1. The third-order valence-electron chi connectivity index (χ3n) is 6.25. The highest BCUT2D eigenvalue weighted by Gasteiger charge is 2.18. The fraction of sp³-hybridized carbons (Fsp3) is 0.107. The summed E-state index contributed by atoms with van der Waals surface area (Å²) < 4.78 is 13.3. The van der Waals surface area contributed by atoms with Crippen LogP contribution in [0.2, 0.25) is 5.02 Å². The Morgan fingerprint density at radius 1 is 1.13 bits per heavy atom. The fourth-order valence-corrected chi connectivity index (χ4v) is 4.32. The monoisotopic (exact) mass is 540 g/mol. The van der Waals surface area contributed by atoms with Gasteiger partial charge in [0.25, 0.3) is 5.91 Å². The van der Waals surface area contributed by atoms with Crippen LogP contribution in [0, 0.1) is 17.1 Å². The van der Waals surface area contributed by atoms with Crippen molar-refractivity contribution in [2.45, 2.75) is 19.5 Å². The second-order valence-corrected chi connectivity index (χ2v) is 9.28. The highest BCUT2D eigenvalue weighted by atomic mass is 35.5. The lowest BCUT2D eigenvalue weighted by Gasteiger charge is -2.17. The van der Waals surface area contributed by atoms with Crippen LogP contribution in [0.15, 0.2) is 67.0 Å². The van der Waals surface area contributed by atoms with Crippen LogP contribution >= 0.6 is 11.6 Å². The van der Waals surface area contributed by atoms with E-state index in [-0.39, 0.29) is 23.5 Å². The summed E-state index contributed by atoms with van der Waals surface area (Å²) >= 11 is 6.60. The molecule has 0 radical (unpaired) electrons. The Kier molecular flexibility index (Phi) is 7.08. The van der Waals surface area contributed by atoms with E-state index >= 15 is 0 Å². The normalized spacial score (nSPS) is 11.6. The number of carbonyl (C=O) groups is 1. The molecule has 0 bridgehead atoms.